The van der Waals surface area contributed by atoms with Gasteiger partial charge in [0.15, 0.2) is 0 Å². The van der Waals surface area contributed by atoms with Crippen molar-refractivity contribution in [3.05, 3.63) is 11.6 Å². The molecule has 1 N–H and O–H groups in total. The van der Waals surface area contributed by atoms with Crippen LogP contribution in [0.4, 0.5) is 0 Å². The van der Waals surface area contributed by atoms with Gasteiger partial charge >= 0.3 is 0 Å². The summed E-state index contributed by atoms with van der Waals surface area (Å²) < 4.78 is 0. The highest BCUT2D eigenvalue weighted by atomic mass is 14.8. The van der Waals surface area contributed by atoms with E-state index in [4.69, 9.17) is 0 Å². The first-order valence-corrected chi connectivity index (χ1v) is 5.54. The highest BCUT2D eigenvalue weighted by molar-refractivity contribution is 5.09. The van der Waals surface area contributed by atoms with Crippen molar-refractivity contribution in [2.24, 2.45) is 11.3 Å². The third-order valence-corrected chi connectivity index (χ3v) is 3.64. The Morgan fingerprint density at radius 1 is 1.54 bits per heavy atom. The molecule has 1 unspecified atom stereocenters. The molecule has 74 valence electrons. The zero-order chi connectivity index (χ0) is 9.31. The Labute approximate surface area is 81.6 Å². The lowest BCUT2D eigenvalue weighted by Gasteiger charge is -2.19. The van der Waals surface area contributed by atoms with Crippen LogP contribution in [0.3, 0.4) is 0 Å². The first-order chi connectivity index (χ1) is 6.24. The second-order valence-electron chi connectivity index (χ2n) is 5.09. The number of allylic oxidation sites excluding steroid dienone is 2. The lowest BCUT2D eigenvalue weighted by Crippen LogP contribution is -2.22. The number of nitrogens with one attached hydrogen (secondary N) is 1. The fourth-order valence-corrected chi connectivity index (χ4v) is 2.76. The van der Waals surface area contributed by atoms with Gasteiger partial charge in [0.1, 0.15) is 0 Å². The van der Waals surface area contributed by atoms with Gasteiger partial charge in [0.2, 0.25) is 0 Å². The fraction of sp³-hybridized carbons (Fsp3) is 0.833. The molecule has 1 heteroatoms. The van der Waals surface area contributed by atoms with Crippen LogP contribution in [0.25, 0.3) is 0 Å². The third-order valence-electron chi connectivity index (χ3n) is 3.64. The summed E-state index contributed by atoms with van der Waals surface area (Å²) in [5.41, 5.74) is 2.32. The molecule has 0 spiro atoms. The molecule has 1 fully saturated rings. The van der Waals surface area contributed by atoms with Gasteiger partial charge in [-0.15, -0.1) is 0 Å². The first kappa shape index (κ1) is 9.26. The molecule has 0 aromatic rings. The van der Waals surface area contributed by atoms with Crippen molar-refractivity contribution in [1.82, 2.24) is 5.32 Å². The maximum atomic E-state index is 3.34. The second-order valence-corrected chi connectivity index (χ2v) is 5.09. The van der Waals surface area contributed by atoms with Crippen LogP contribution in [0.15, 0.2) is 11.6 Å². The minimum absolute atomic E-state index is 0.706. The topological polar surface area (TPSA) is 12.0 Å². The predicted molar refractivity (Wildman–Crippen MR) is 56.7 cm³/mol. The zero-order valence-electron chi connectivity index (χ0n) is 8.90. The summed E-state index contributed by atoms with van der Waals surface area (Å²) in [7, 11) is 2.08. The van der Waals surface area contributed by atoms with Gasteiger partial charge in [0.25, 0.3) is 0 Å². The van der Waals surface area contributed by atoms with Gasteiger partial charge in [-0.05, 0) is 57.4 Å². The van der Waals surface area contributed by atoms with Crippen molar-refractivity contribution in [2.75, 3.05) is 13.6 Å². The summed E-state index contributed by atoms with van der Waals surface area (Å²) in [6.07, 6.45) is 9.53. The van der Waals surface area contributed by atoms with E-state index in [1.807, 2.05) is 0 Å². The standard InChI is InChI=1S/C12H21N/c1-10-3-4-11(7-10)8-12(5-6-12)9-13-2/h3,11,13H,4-9H2,1-2H3. The van der Waals surface area contributed by atoms with Crippen molar-refractivity contribution >= 4 is 0 Å². The van der Waals surface area contributed by atoms with Crippen molar-refractivity contribution in [3.8, 4) is 0 Å². The van der Waals surface area contributed by atoms with Gasteiger partial charge in [0, 0.05) is 6.54 Å². The molecule has 0 amide bonds. The normalized spacial score (nSPS) is 30.3. The molecule has 0 radical (unpaired) electrons. The zero-order valence-corrected chi connectivity index (χ0v) is 8.90. The third kappa shape index (κ3) is 2.14. The van der Waals surface area contributed by atoms with E-state index in [0.29, 0.717) is 5.41 Å². The maximum Gasteiger partial charge on any atom is 0.000492 e. The second kappa shape index (κ2) is 3.45. The fourth-order valence-electron chi connectivity index (χ4n) is 2.76. The van der Waals surface area contributed by atoms with Gasteiger partial charge in [0.05, 0.1) is 0 Å². The molecule has 13 heavy (non-hydrogen) atoms. The smallest absolute Gasteiger partial charge is 0.000492 e. The van der Waals surface area contributed by atoms with Crippen LogP contribution in [0, 0.1) is 11.3 Å². The average Bonchev–Trinajstić information content (AvgIpc) is 2.70. The lowest BCUT2D eigenvalue weighted by molar-refractivity contribution is 0.352. The van der Waals surface area contributed by atoms with E-state index >= 15 is 0 Å². The van der Waals surface area contributed by atoms with Crippen LogP contribution in [-0.4, -0.2) is 13.6 Å². The molecule has 0 aliphatic heterocycles. The molecule has 0 heterocycles. The largest absolute Gasteiger partial charge is 0.319 e. The van der Waals surface area contributed by atoms with E-state index < -0.39 is 0 Å². The first-order valence-electron chi connectivity index (χ1n) is 5.54. The maximum absolute atomic E-state index is 3.34. The summed E-state index contributed by atoms with van der Waals surface area (Å²) in [6.45, 7) is 3.51. The van der Waals surface area contributed by atoms with E-state index in [1.165, 1.54) is 38.6 Å². The Morgan fingerprint density at radius 2 is 2.31 bits per heavy atom. The summed E-state index contributed by atoms with van der Waals surface area (Å²) in [4.78, 5) is 0. The van der Waals surface area contributed by atoms with Gasteiger partial charge in [-0.1, -0.05) is 11.6 Å². The van der Waals surface area contributed by atoms with Crippen LogP contribution >= 0.6 is 0 Å². The van der Waals surface area contributed by atoms with Gasteiger partial charge < -0.3 is 5.32 Å². The molecule has 0 saturated heterocycles. The molecule has 2 aliphatic rings. The quantitative estimate of drug-likeness (QED) is 0.654. The predicted octanol–water partition coefficient (Wildman–Crippen LogP) is 2.73. The number of hydrogen-bond donors (Lipinski definition) is 1. The summed E-state index contributed by atoms with van der Waals surface area (Å²) in [5, 5.41) is 3.34. The Hall–Kier alpha value is -0.300. The Bertz CT molecular complexity index is 213. The molecule has 1 atom stereocenters. The van der Waals surface area contributed by atoms with Gasteiger partial charge in [-0.2, -0.15) is 0 Å². The molecular formula is C12H21N. The molecule has 1 saturated carbocycles. The van der Waals surface area contributed by atoms with Gasteiger partial charge in [-0.25, -0.2) is 0 Å². The highest BCUT2D eigenvalue weighted by Gasteiger charge is 2.43. The van der Waals surface area contributed by atoms with Crippen LogP contribution in [0.1, 0.15) is 39.0 Å². The molecular weight excluding hydrogens is 158 g/mol. The SMILES string of the molecule is CNCC1(CC2CC=C(C)C2)CC1. The van der Waals surface area contributed by atoms with Crippen molar-refractivity contribution in [2.45, 2.75) is 39.0 Å². The summed E-state index contributed by atoms with van der Waals surface area (Å²) in [5.74, 6) is 0.968. The van der Waals surface area contributed by atoms with Crippen molar-refractivity contribution in [1.29, 1.82) is 0 Å². The van der Waals surface area contributed by atoms with Crippen LogP contribution in [-0.2, 0) is 0 Å². The van der Waals surface area contributed by atoms with E-state index in [9.17, 15) is 0 Å². The van der Waals surface area contributed by atoms with E-state index in [-0.39, 0.29) is 0 Å². The summed E-state index contributed by atoms with van der Waals surface area (Å²) >= 11 is 0. The van der Waals surface area contributed by atoms with E-state index in [1.54, 1.807) is 5.57 Å². The Morgan fingerprint density at radius 3 is 2.77 bits per heavy atom. The Kier molecular flexibility index (Phi) is 2.46. The molecule has 0 aromatic carbocycles. The molecule has 1 nitrogen and oxygen atoms in total. The van der Waals surface area contributed by atoms with Crippen LogP contribution in [0.5, 0.6) is 0 Å². The lowest BCUT2D eigenvalue weighted by atomic mass is 9.89. The molecule has 0 bridgehead atoms. The van der Waals surface area contributed by atoms with E-state index in [0.717, 1.165) is 5.92 Å². The summed E-state index contributed by atoms with van der Waals surface area (Å²) in [6, 6.07) is 0. The monoisotopic (exact) mass is 179 g/mol. The minimum atomic E-state index is 0.706. The van der Waals surface area contributed by atoms with Gasteiger partial charge in [-0.3, -0.25) is 0 Å². The van der Waals surface area contributed by atoms with Crippen molar-refractivity contribution in [3.63, 3.8) is 0 Å². The highest BCUT2D eigenvalue weighted by Crippen LogP contribution is 2.52. The molecule has 0 aromatic heterocycles. The van der Waals surface area contributed by atoms with Crippen LogP contribution in [0.2, 0.25) is 0 Å². The number of rotatable bonds is 4. The molecule has 2 rings (SSSR count). The van der Waals surface area contributed by atoms with E-state index in [2.05, 4.69) is 25.4 Å². The minimum Gasteiger partial charge on any atom is -0.319 e. The average molecular weight is 179 g/mol. The number of hydrogen-bond acceptors (Lipinski definition) is 1. The Balaban J connectivity index is 1.79. The molecule has 2 aliphatic carbocycles. The van der Waals surface area contributed by atoms with Crippen LogP contribution < -0.4 is 5.32 Å². The van der Waals surface area contributed by atoms with Crippen molar-refractivity contribution < 1.29 is 0 Å².